The van der Waals surface area contributed by atoms with E-state index in [-0.39, 0.29) is 5.82 Å². The van der Waals surface area contributed by atoms with Gasteiger partial charge in [0.05, 0.1) is 5.69 Å². The number of halogens is 1. The first-order valence-electron chi connectivity index (χ1n) is 6.24. The van der Waals surface area contributed by atoms with Gasteiger partial charge in [-0.1, -0.05) is 31.9 Å². The number of nitrogens with one attached hydrogen (secondary N) is 1. The number of rotatable bonds is 3. The third-order valence-electron chi connectivity index (χ3n) is 3.74. The Kier molecular flexibility index (Phi) is 3.47. The molecule has 2 unspecified atom stereocenters. The fraction of sp³-hybridized carbons (Fsp3) is 0.571. The van der Waals surface area contributed by atoms with E-state index in [1.54, 1.807) is 6.07 Å². The molecule has 0 bridgehead atoms. The van der Waals surface area contributed by atoms with Crippen LogP contribution in [0.1, 0.15) is 38.2 Å². The summed E-state index contributed by atoms with van der Waals surface area (Å²) < 4.78 is 13.7. The molecule has 16 heavy (non-hydrogen) atoms. The molecule has 1 aliphatic rings. The molecule has 0 spiro atoms. The molecule has 2 heteroatoms. The predicted molar refractivity (Wildman–Crippen MR) is 66.2 cm³/mol. The summed E-state index contributed by atoms with van der Waals surface area (Å²) in [5.74, 6) is 0.584. The largest absolute Gasteiger partial charge is 0.379 e. The number of para-hydroxylation sites is 1. The monoisotopic (exact) mass is 221 g/mol. The molecule has 0 aromatic heterocycles. The molecule has 0 saturated heterocycles. The van der Waals surface area contributed by atoms with Crippen LogP contribution in [0.5, 0.6) is 0 Å². The van der Waals surface area contributed by atoms with Crippen LogP contribution in [0.15, 0.2) is 18.2 Å². The van der Waals surface area contributed by atoms with Gasteiger partial charge in [-0.25, -0.2) is 4.39 Å². The van der Waals surface area contributed by atoms with E-state index >= 15 is 0 Å². The number of hydrogen-bond donors (Lipinski definition) is 1. The lowest BCUT2D eigenvalue weighted by Gasteiger charge is -2.22. The molecular weight excluding hydrogens is 201 g/mol. The van der Waals surface area contributed by atoms with Crippen LogP contribution in [0.4, 0.5) is 10.1 Å². The summed E-state index contributed by atoms with van der Waals surface area (Å²) in [6, 6.07) is 5.72. The SMILES string of the molecule is CCC1CCCC1Nc1c(C)cccc1F. The second-order valence-electron chi connectivity index (χ2n) is 4.78. The van der Waals surface area contributed by atoms with Crippen LogP contribution in [0.25, 0.3) is 0 Å². The van der Waals surface area contributed by atoms with Gasteiger partial charge in [0.1, 0.15) is 5.82 Å². The highest BCUT2D eigenvalue weighted by Crippen LogP contribution is 2.32. The van der Waals surface area contributed by atoms with Crippen molar-refractivity contribution in [3.63, 3.8) is 0 Å². The predicted octanol–water partition coefficient (Wildman–Crippen LogP) is 4.12. The average molecular weight is 221 g/mol. The van der Waals surface area contributed by atoms with Gasteiger partial charge in [-0.15, -0.1) is 0 Å². The van der Waals surface area contributed by atoms with Gasteiger partial charge in [0.25, 0.3) is 0 Å². The zero-order chi connectivity index (χ0) is 11.5. The van der Waals surface area contributed by atoms with Crippen molar-refractivity contribution in [2.45, 2.75) is 45.6 Å². The number of aryl methyl sites for hydroxylation is 1. The van der Waals surface area contributed by atoms with Crippen molar-refractivity contribution in [3.05, 3.63) is 29.6 Å². The molecule has 1 nitrogen and oxygen atoms in total. The fourth-order valence-electron chi connectivity index (χ4n) is 2.72. The molecule has 1 fully saturated rings. The van der Waals surface area contributed by atoms with Crippen molar-refractivity contribution >= 4 is 5.69 Å². The first kappa shape index (κ1) is 11.4. The quantitative estimate of drug-likeness (QED) is 0.809. The van der Waals surface area contributed by atoms with Crippen LogP contribution in [0, 0.1) is 18.7 Å². The standard InChI is InChI=1S/C14H20FN/c1-3-11-7-5-9-13(11)16-14-10(2)6-4-8-12(14)15/h4,6,8,11,13,16H,3,5,7,9H2,1-2H3. The minimum Gasteiger partial charge on any atom is -0.379 e. The summed E-state index contributed by atoms with van der Waals surface area (Å²) in [6.07, 6.45) is 4.91. The van der Waals surface area contributed by atoms with E-state index in [1.165, 1.54) is 31.7 Å². The van der Waals surface area contributed by atoms with E-state index in [1.807, 2.05) is 13.0 Å². The molecule has 1 aromatic rings. The van der Waals surface area contributed by atoms with Crippen LogP contribution in [0.2, 0.25) is 0 Å². The van der Waals surface area contributed by atoms with Gasteiger partial charge < -0.3 is 5.32 Å². The van der Waals surface area contributed by atoms with Crippen molar-refractivity contribution in [2.75, 3.05) is 5.32 Å². The van der Waals surface area contributed by atoms with Crippen molar-refractivity contribution in [1.29, 1.82) is 0 Å². The molecule has 1 aliphatic carbocycles. The zero-order valence-corrected chi connectivity index (χ0v) is 10.1. The lowest BCUT2D eigenvalue weighted by Crippen LogP contribution is -2.24. The van der Waals surface area contributed by atoms with Gasteiger partial charge in [0.15, 0.2) is 0 Å². The third kappa shape index (κ3) is 2.21. The summed E-state index contributed by atoms with van der Waals surface area (Å²) in [7, 11) is 0. The molecule has 2 atom stereocenters. The highest BCUT2D eigenvalue weighted by Gasteiger charge is 2.26. The van der Waals surface area contributed by atoms with Crippen molar-refractivity contribution in [3.8, 4) is 0 Å². The molecule has 0 radical (unpaired) electrons. The van der Waals surface area contributed by atoms with Crippen LogP contribution in [-0.2, 0) is 0 Å². The molecule has 0 heterocycles. The van der Waals surface area contributed by atoms with Crippen molar-refractivity contribution in [2.24, 2.45) is 5.92 Å². The van der Waals surface area contributed by atoms with E-state index in [9.17, 15) is 4.39 Å². The number of anilines is 1. The van der Waals surface area contributed by atoms with Gasteiger partial charge in [-0.05, 0) is 37.3 Å². The Hall–Kier alpha value is -1.05. The molecule has 88 valence electrons. The average Bonchev–Trinajstić information content (AvgIpc) is 2.71. The Labute approximate surface area is 97.1 Å². The number of benzene rings is 1. The highest BCUT2D eigenvalue weighted by atomic mass is 19.1. The Morgan fingerprint density at radius 3 is 2.88 bits per heavy atom. The minimum atomic E-state index is -0.123. The molecule has 1 aromatic carbocycles. The van der Waals surface area contributed by atoms with Crippen LogP contribution >= 0.6 is 0 Å². The second-order valence-corrected chi connectivity index (χ2v) is 4.78. The molecule has 1 saturated carbocycles. The van der Waals surface area contributed by atoms with Gasteiger partial charge in [0.2, 0.25) is 0 Å². The first-order chi connectivity index (χ1) is 7.72. The van der Waals surface area contributed by atoms with Crippen LogP contribution < -0.4 is 5.32 Å². The van der Waals surface area contributed by atoms with Crippen molar-refractivity contribution < 1.29 is 4.39 Å². The molecule has 1 N–H and O–H groups in total. The number of hydrogen-bond acceptors (Lipinski definition) is 1. The van der Waals surface area contributed by atoms with Crippen molar-refractivity contribution in [1.82, 2.24) is 0 Å². The van der Waals surface area contributed by atoms with E-state index in [0.717, 1.165) is 5.56 Å². The fourth-order valence-corrected chi connectivity index (χ4v) is 2.72. The maximum Gasteiger partial charge on any atom is 0.146 e. The summed E-state index contributed by atoms with van der Waals surface area (Å²) in [5, 5.41) is 3.40. The van der Waals surface area contributed by atoms with E-state index in [2.05, 4.69) is 12.2 Å². The summed E-state index contributed by atoms with van der Waals surface area (Å²) in [5.41, 5.74) is 1.70. The molecular formula is C14H20FN. The summed E-state index contributed by atoms with van der Waals surface area (Å²) >= 11 is 0. The Morgan fingerprint density at radius 1 is 1.38 bits per heavy atom. The van der Waals surface area contributed by atoms with E-state index < -0.39 is 0 Å². The maximum atomic E-state index is 13.7. The lowest BCUT2D eigenvalue weighted by molar-refractivity contribution is 0.486. The first-order valence-corrected chi connectivity index (χ1v) is 6.24. The smallest absolute Gasteiger partial charge is 0.146 e. The lowest BCUT2D eigenvalue weighted by atomic mass is 10.00. The third-order valence-corrected chi connectivity index (χ3v) is 3.74. The van der Waals surface area contributed by atoms with E-state index in [4.69, 9.17) is 0 Å². The van der Waals surface area contributed by atoms with Gasteiger partial charge in [0, 0.05) is 6.04 Å². The highest BCUT2D eigenvalue weighted by molar-refractivity contribution is 5.52. The normalized spacial score (nSPS) is 24.7. The Morgan fingerprint density at radius 2 is 2.19 bits per heavy atom. The van der Waals surface area contributed by atoms with Crippen LogP contribution in [-0.4, -0.2) is 6.04 Å². The maximum absolute atomic E-state index is 13.7. The minimum absolute atomic E-state index is 0.123. The van der Waals surface area contributed by atoms with Gasteiger partial charge >= 0.3 is 0 Å². The van der Waals surface area contributed by atoms with Crippen LogP contribution in [0.3, 0.4) is 0 Å². The summed E-state index contributed by atoms with van der Waals surface area (Å²) in [6.45, 7) is 4.18. The van der Waals surface area contributed by atoms with Gasteiger partial charge in [-0.3, -0.25) is 0 Å². The topological polar surface area (TPSA) is 12.0 Å². The molecule has 2 rings (SSSR count). The molecule has 0 amide bonds. The van der Waals surface area contributed by atoms with Gasteiger partial charge in [-0.2, -0.15) is 0 Å². The Balaban J connectivity index is 2.14. The Bertz CT molecular complexity index is 342. The van der Waals surface area contributed by atoms with E-state index in [0.29, 0.717) is 17.6 Å². The molecule has 0 aliphatic heterocycles. The zero-order valence-electron chi connectivity index (χ0n) is 10.1. The summed E-state index contributed by atoms with van der Waals surface area (Å²) in [4.78, 5) is 0. The second kappa shape index (κ2) is 4.86.